The first-order chi connectivity index (χ1) is 6.54. The fourth-order valence-corrected chi connectivity index (χ4v) is 1.57. The minimum absolute atomic E-state index is 0.122. The minimum atomic E-state index is -0.620. The lowest BCUT2D eigenvalue weighted by molar-refractivity contribution is 0.399. The maximum atomic E-state index is 13.3. The van der Waals surface area contributed by atoms with Crippen molar-refractivity contribution < 1.29 is 13.5 Å². The van der Waals surface area contributed by atoms with Crippen molar-refractivity contribution in [3.63, 3.8) is 0 Å². The molecule has 14 heavy (non-hydrogen) atoms. The van der Waals surface area contributed by atoms with Crippen LogP contribution in [0.2, 0.25) is 0 Å². The molecule has 1 aromatic rings. The predicted octanol–water partition coefficient (Wildman–Crippen LogP) is 3.30. The number of hydrogen-bond acceptors (Lipinski definition) is 1. The van der Waals surface area contributed by atoms with E-state index >= 15 is 0 Å². The van der Waals surface area contributed by atoms with Crippen LogP contribution >= 0.6 is 15.9 Å². The van der Waals surface area contributed by atoms with E-state index in [2.05, 4.69) is 15.9 Å². The predicted molar refractivity (Wildman–Crippen MR) is 55.0 cm³/mol. The van der Waals surface area contributed by atoms with Gasteiger partial charge in [0, 0.05) is 22.5 Å². The van der Waals surface area contributed by atoms with Crippen LogP contribution < -0.4 is 4.74 Å². The Morgan fingerprint density at radius 1 is 1.43 bits per heavy atom. The van der Waals surface area contributed by atoms with Crippen LogP contribution in [0.25, 0.3) is 0 Å². The highest BCUT2D eigenvalue weighted by atomic mass is 79.9. The van der Waals surface area contributed by atoms with E-state index in [1.54, 1.807) is 0 Å². The van der Waals surface area contributed by atoms with Gasteiger partial charge in [-0.2, -0.15) is 0 Å². The molecule has 1 nitrogen and oxygen atoms in total. The molecule has 78 valence electrons. The molecule has 0 heterocycles. The van der Waals surface area contributed by atoms with Gasteiger partial charge in [0.2, 0.25) is 0 Å². The molecule has 0 saturated heterocycles. The monoisotopic (exact) mass is 264 g/mol. The molecule has 0 bridgehead atoms. The first kappa shape index (κ1) is 11.4. The van der Waals surface area contributed by atoms with E-state index in [0.717, 1.165) is 6.07 Å². The molecule has 0 radical (unpaired) electrons. The molecule has 0 aliphatic carbocycles. The second-order valence-corrected chi connectivity index (χ2v) is 4.62. The number of hydrogen-bond donors (Lipinski definition) is 0. The smallest absolute Gasteiger partial charge is 0.133 e. The summed E-state index contributed by atoms with van der Waals surface area (Å²) in [6, 6.07) is 2.06. The zero-order chi connectivity index (χ0) is 10.7. The van der Waals surface area contributed by atoms with Crippen molar-refractivity contribution in [1.29, 1.82) is 0 Å². The Kier molecular flexibility index (Phi) is 3.86. The fourth-order valence-electron chi connectivity index (χ4n) is 1.24. The van der Waals surface area contributed by atoms with E-state index in [1.165, 1.54) is 13.2 Å². The Labute approximate surface area is 90.2 Å². The normalized spacial score (nSPS) is 12.6. The fraction of sp³-hybridized carbons (Fsp3) is 0.400. The van der Waals surface area contributed by atoms with Crippen molar-refractivity contribution in [2.24, 2.45) is 0 Å². The SMILES string of the molecule is COc1cc(F)cc(F)c1CC(C)Br. The van der Waals surface area contributed by atoms with Crippen molar-refractivity contribution in [3.05, 3.63) is 29.3 Å². The lowest BCUT2D eigenvalue weighted by atomic mass is 10.1. The lowest BCUT2D eigenvalue weighted by Gasteiger charge is -2.10. The van der Waals surface area contributed by atoms with Crippen molar-refractivity contribution in [2.45, 2.75) is 18.2 Å². The Morgan fingerprint density at radius 2 is 2.07 bits per heavy atom. The topological polar surface area (TPSA) is 9.23 Å². The third-order valence-corrected chi connectivity index (χ3v) is 2.15. The Morgan fingerprint density at radius 3 is 2.57 bits per heavy atom. The van der Waals surface area contributed by atoms with E-state index in [1.807, 2.05) is 6.92 Å². The van der Waals surface area contributed by atoms with Crippen molar-refractivity contribution in [2.75, 3.05) is 7.11 Å². The van der Waals surface area contributed by atoms with E-state index < -0.39 is 11.6 Å². The summed E-state index contributed by atoms with van der Waals surface area (Å²) in [5, 5.41) is 0. The van der Waals surface area contributed by atoms with E-state index in [0.29, 0.717) is 12.0 Å². The number of methoxy groups -OCH3 is 1. The molecule has 1 aromatic carbocycles. The molecule has 1 unspecified atom stereocenters. The maximum absolute atomic E-state index is 13.3. The first-order valence-corrected chi connectivity index (χ1v) is 5.12. The molecule has 0 spiro atoms. The van der Waals surface area contributed by atoms with Crippen LogP contribution in [0.4, 0.5) is 8.78 Å². The largest absolute Gasteiger partial charge is 0.496 e. The van der Waals surface area contributed by atoms with Gasteiger partial charge in [-0.1, -0.05) is 22.9 Å². The van der Waals surface area contributed by atoms with Crippen molar-refractivity contribution in [3.8, 4) is 5.75 Å². The van der Waals surface area contributed by atoms with Gasteiger partial charge < -0.3 is 4.74 Å². The molecule has 0 aliphatic heterocycles. The van der Waals surface area contributed by atoms with Crippen LogP contribution in [0.3, 0.4) is 0 Å². The van der Waals surface area contributed by atoms with Crippen molar-refractivity contribution in [1.82, 2.24) is 0 Å². The Bertz CT molecular complexity index is 326. The molecular weight excluding hydrogens is 254 g/mol. The molecule has 0 fully saturated rings. The third-order valence-electron chi connectivity index (χ3n) is 1.82. The molecule has 0 saturated carbocycles. The van der Waals surface area contributed by atoms with Crippen LogP contribution in [-0.2, 0) is 6.42 Å². The number of rotatable bonds is 3. The second kappa shape index (κ2) is 4.73. The van der Waals surface area contributed by atoms with Gasteiger partial charge in [-0.3, -0.25) is 0 Å². The van der Waals surface area contributed by atoms with E-state index in [-0.39, 0.29) is 10.6 Å². The highest BCUT2D eigenvalue weighted by molar-refractivity contribution is 9.09. The average Bonchev–Trinajstić information content (AvgIpc) is 2.08. The molecule has 1 atom stereocenters. The summed E-state index contributed by atoms with van der Waals surface area (Å²) >= 11 is 3.31. The van der Waals surface area contributed by atoms with Gasteiger partial charge in [0.1, 0.15) is 17.4 Å². The van der Waals surface area contributed by atoms with Crippen LogP contribution in [-0.4, -0.2) is 11.9 Å². The number of alkyl halides is 1. The second-order valence-electron chi connectivity index (χ2n) is 3.05. The van der Waals surface area contributed by atoms with Gasteiger partial charge in [-0.15, -0.1) is 0 Å². The summed E-state index contributed by atoms with van der Waals surface area (Å²) in [6.45, 7) is 1.89. The average molecular weight is 265 g/mol. The van der Waals surface area contributed by atoms with Crippen LogP contribution in [0.5, 0.6) is 5.75 Å². The molecule has 0 amide bonds. The zero-order valence-corrected chi connectivity index (χ0v) is 9.57. The number of benzene rings is 1. The summed E-state index contributed by atoms with van der Waals surface area (Å²) < 4.78 is 31.0. The zero-order valence-electron chi connectivity index (χ0n) is 7.98. The summed E-state index contributed by atoms with van der Waals surface area (Å²) in [6.07, 6.45) is 0.468. The quantitative estimate of drug-likeness (QED) is 0.762. The van der Waals surface area contributed by atoms with Crippen LogP contribution in [0.1, 0.15) is 12.5 Å². The highest BCUT2D eigenvalue weighted by Crippen LogP contribution is 2.25. The maximum Gasteiger partial charge on any atom is 0.133 e. The minimum Gasteiger partial charge on any atom is -0.496 e. The van der Waals surface area contributed by atoms with Gasteiger partial charge >= 0.3 is 0 Å². The first-order valence-electron chi connectivity index (χ1n) is 4.20. The molecule has 4 heteroatoms. The lowest BCUT2D eigenvalue weighted by Crippen LogP contribution is -2.03. The van der Waals surface area contributed by atoms with Crippen LogP contribution in [0, 0.1) is 11.6 Å². The summed E-state index contributed by atoms with van der Waals surface area (Å²) in [5.74, 6) is -0.924. The molecule has 1 rings (SSSR count). The molecule has 0 aliphatic rings. The molecular formula is C10H11BrF2O. The van der Waals surface area contributed by atoms with Crippen molar-refractivity contribution >= 4 is 15.9 Å². The Hall–Kier alpha value is -0.640. The number of ether oxygens (including phenoxy) is 1. The highest BCUT2D eigenvalue weighted by Gasteiger charge is 2.13. The van der Waals surface area contributed by atoms with Crippen LogP contribution in [0.15, 0.2) is 12.1 Å². The summed E-state index contributed by atoms with van der Waals surface area (Å²) in [7, 11) is 1.40. The van der Waals surface area contributed by atoms with Gasteiger partial charge in [0.15, 0.2) is 0 Å². The van der Waals surface area contributed by atoms with Gasteiger partial charge in [-0.25, -0.2) is 8.78 Å². The standard InChI is InChI=1S/C10H11BrF2O/c1-6(11)3-8-9(13)4-7(12)5-10(8)14-2/h4-6H,3H2,1-2H3. The number of halogens is 3. The Balaban J connectivity index is 3.11. The summed E-state index contributed by atoms with van der Waals surface area (Å²) in [4.78, 5) is 0.122. The van der Waals surface area contributed by atoms with Gasteiger partial charge in [0.05, 0.1) is 7.11 Å². The molecule has 0 N–H and O–H groups in total. The van der Waals surface area contributed by atoms with Gasteiger partial charge in [-0.05, 0) is 6.42 Å². The van der Waals surface area contributed by atoms with E-state index in [4.69, 9.17) is 4.74 Å². The van der Waals surface area contributed by atoms with Gasteiger partial charge in [0.25, 0.3) is 0 Å². The third kappa shape index (κ3) is 2.67. The van der Waals surface area contributed by atoms with E-state index in [9.17, 15) is 8.78 Å². The molecule has 0 aromatic heterocycles. The summed E-state index contributed by atoms with van der Waals surface area (Å²) in [5.41, 5.74) is 0.401.